The first kappa shape index (κ1) is 24.4. The molecular formula is C19H22Cl2N2O6S. The number of halogens is 2. The monoisotopic (exact) mass is 476 g/mol. The quantitative estimate of drug-likeness (QED) is 0.427. The smallest absolute Gasteiger partial charge is 0.251 e. The van der Waals surface area contributed by atoms with Gasteiger partial charge in [0.15, 0.2) is 0 Å². The number of aliphatic hydroxyl groups is 1. The molecule has 2 aromatic rings. The van der Waals surface area contributed by atoms with Crippen molar-refractivity contribution in [2.24, 2.45) is 0 Å². The molecule has 1 unspecified atom stereocenters. The molecule has 1 amide bonds. The third-order valence-corrected chi connectivity index (χ3v) is 6.11. The molecule has 0 bridgehead atoms. The van der Waals surface area contributed by atoms with Crippen molar-refractivity contribution < 1.29 is 27.8 Å². The summed E-state index contributed by atoms with van der Waals surface area (Å²) in [6, 6.07) is 10.4. The van der Waals surface area contributed by atoms with Gasteiger partial charge in [-0.25, -0.2) is 13.1 Å². The predicted octanol–water partition coefficient (Wildman–Crippen LogP) is 2.09. The van der Waals surface area contributed by atoms with Crippen molar-refractivity contribution in [1.82, 2.24) is 10.0 Å². The number of sulfonamides is 1. The number of nitrogens with one attached hydrogen (secondary N) is 2. The summed E-state index contributed by atoms with van der Waals surface area (Å²) in [5.74, 6) is -0.225. The fraction of sp³-hybridized carbons (Fsp3) is 0.316. The molecule has 0 radical (unpaired) electrons. The highest BCUT2D eigenvalue weighted by Crippen LogP contribution is 2.31. The molecule has 0 aliphatic carbocycles. The third kappa shape index (κ3) is 7.12. The zero-order valence-corrected chi connectivity index (χ0v) is 18.4. The molecule has 0 aliphatic rings. The first-order chi connectivity index (χ1) is 14.2. The van der Waals surface area contributed by atoms with E-state index in [1.807, 2.05) is 0 Å². The highest BCUT2D eigenvalue weighted by Gasteiger charge is 2.17. The highest BCUT2D eigenvalue weighted by atomic mass is 35.5. The summed E-state index contributed by atoms with van der Waals surface area (Å²) in [4.78, 5) is 12.3. The summed E-state index contributed by atoms with van der Waals surface area (Å²) < 4.78 is 37.1. The molecule has 0 aromatic heterocycles. The first-order valence-electron chi connectivity index (χ1n) is 8.86. The maximum Gasteiger partial charge on any atom is 0.251 e. The van der Waals surface area contributed by atoms with Gasteiger partial charge in [0.1, 0.15) is 23.5 Å². The van der Waals surface area contributed by atoms with Crippen LogP contribution >= 0.6 is 23.2 Å². The predicted molar refractivity (Wildman–Crippen MR) is 114 cm³/mol. The SMILES string of the molecule is COCCNS(=O)(=O)c1cccc(C(=O)NCC(O)COc2cccc(Cl)c2Cl)c1. The van der Waals surface area contributed by atoms with Crippen LogP contribution in [0.2, 0.25) is 10.0 Å². The van der Waals surface area contributed by atoms with E-state index in [0.29, 0.717) is 10.8 Å². The molecule has 3 N–H and O–H groups in total. The van der Waals surface area contributed by atoms with Gasteiger partial charge in [0.25, 0.3) is 5.91 Å². The van der Waals surface area contributed by atoms with Crippen molar-refractivity contribution in [3.8, 4) is 5.75 Å². The van der Waals surface area contributed by atoms with Crippen molar-refractivity contribution in [3.63, 3.8) is 0 Å². The van der Waals surface area contributed by atoms with Gasteiger partial charge in [-0.3, -0.25) is 4.79 Å². The topological polar surface area (TPSA) is 114 Å². The Labute approximate surface area is 185 Å². The van der Waals surface area contributed by atoms with E-state index in [-0.39, 0.29) is 41.8 Å². The van der Waals surface area contributed by atoms with E-state index in [9.17, 15) is 18.3 Å². The Bertz CT molecular complexity index is 971. The Balaban J connectivity index is 1.90. The lowest BCUT2D eigenvalue weighted by atomic mass is 10.2. The number of hydrogen-bond acceptors (Lipinski definition) is 6. The van der Waals surface area contributed by atoms with Gasteiger partial charge in [-0.05, 0) is 30.3 Å². The zero-order chi connectivity index (χ0) is 22.1. The third-order valence-electron chi connectivity index (χ3n) is 3.85. The minimum atomic E-state index is -3.77. The largest absolute Gasteiger partial charge is 0.489 e. The Hall–Kier alpha value is -1.88. The number of amides is 1. The molecule has 2 rings (SSSR count). The summed E-state index contributed by atoms with van der Waals surface area (Å²) in [6.45, 7) is 0.0934. The molecule has 164 valence electrons. The maximum atomic E-state index is 12.3. The van der Waals surface area contributed by atoms with Gasteiger partial charge in [-0.15, -0.1) is 0 Å². The second kappa shape index (κ2) is 11.5. The Kier molecular flexibility index (Phi) is 9.35. The van der Waals surface area contributed by atoms with Gasteiger partial charge in [0.05, 0.1) is 16.5 Å². The molecule has 1 atom stereocenters. The van der Waals surface area contributed by atoms with Crippen LogP contribution in [-0.4, -0.2) is 58.9 Å². The Morgan fingerprint density at radius 3 is 2.67 bits per heavy atom. The van der Waals surface area contributed by atoms with E-state index in [0.717, 1.165) is 0 Å². The zero-order valence-electron chi connectivity index (χ0n) is 16.1. The van der Waals surface area contributed by atoms with E-state index in [1.165, 1.54) is 31.4 Å². The number of aliphatic hydroxyl groups excluding tert-OH is 1. The van der Waals surface area contributed by atoms with Crippen LogP contribution in [0, 0.1) is 0 Å². The molecule has 11 heteroatoms. The molecule has 0 spiro atoms. The van der Waals surface area contributed by atoms with E-state index >= 15 is 0 Å². The van der Waals surface area contributed by atoms with Gasteiger partial charge < -0.3 is 19.9 Å². The fourth-order valence-electron chi connectivity index (χ4n) is 2.32. The average Bonchev–Trinajstić information content (AvgIpc) is 2.73. The Morgan fingerprint density at radius 2 is 1.93 bits per heavy atom. The lowest BCUT2D eigenvalue weighted by molar-refractivity contribution is 0.0843. The van der Waals surface area contributed by atoms with Crippen LogP contribution in [0.25, 0.3) is 0 Å². The molecular weight excluding hydrogens is 455 g/mol. The highest BCUT2D eigenvalue weighted by molar-refractivity contribution is 7.89. The van der Waals surface area contributed by atoms with Gasteiger partial charge >= 0.3 is 0 Å². The number of hydrogen-bond donors (Lipinski definition) is 3. The summed E-state index contributed by atoms with van der Waals surface area (Å²) >= 11 is 11.9. The number of ether oxygens (including phenoxy) is 2. The Morgan fingerprint density at radius 1 is 1.20 bits per heavy atom. The van der Waals surface area contributed by atoms with Crippen molar-refractivity contribution in [2.75, 3.05) is 33.4 Å². The summed E-state index contributed by atoms with van der Waals surface area (Å²) in [6.07, 6.45) is -1.02. The molecule has 0 aliphatic heterocycles. The van der Waals surface area contributed by atoms with Gasteiger partial charge in [0, 0.05) is 25.8 Å². The van der Waals surface area contributed by atoms with Crippen LogP contribution in [0.1, 0.15) is 10.4 Å². The van der Waals surface area contributed by atoms with Gasteiger partial charge in [-0.1, -0.05) is 35.3 Å². The van der Waals surface area contributed by atoms with Crippen molar-refractivity contribution in [1.29, 1.82) is 0 Å². The summed E-state index contributed by atoms with van der Waals surface area (Å²) in [7, 11) is -2.31. The van der Waals surface area contributed by atoms with Crippen molar-refractivity contribution in [3.05, 3.63) is 58.1 Å². The number of rotatable bonds is 11. The second-order valence-corrected chi connectivity index (χ2v) is 8.70. The molecule has 0 heterocycles. The summed E-state index contributed by atoms with van der Waals surface area (Å²) in [5, 5.41) is 13.1. The lowest BCUT2D eigenvalue weighted by Gasteiger charge is -2.14. The number of carbonyl (C=O) groups excluding carboxylic acids is 1. The van der Waals surface area contributed by atoms with Gasteiger partial charge in [-0.2, -0.15) is 0 Å². The normalized spacial score (nSPS) is 12.4. The van der Waals surface area contributed by atoms with Crippen LogP contribution in [0.15, 0.2) is 47.4 Å². The molecule has 30 heavy (non-hydrogen) atoms. The number of methoxy groups -OCH3 is 1. The standard InChI is InChI=1S/C19H22Cl2N2O6S/c1-28-9-8-23-30(26,27)15-5-2-4-13(10-15)19(25)22-11-14(24)12-29-17-7-3-6-16(20)18(17)21/h2-7,10,14,23-24H,8-9,11-12H2,1H3,(H,22,25). The van der Waals surface area contributed by atoms with Crippen LogP contribution in [-0.2, 0) is 14.8 Å². The first-order valence-corrected chi connectivity index (χ1v) is 11.1. The van der Waals surface area contributed by atoms with Crippen LogP contribution in [0.5, 0.6) is 5.75 Å². The molecule has 0 saturated heterocycles. The van der Waals surface area contributed by atoms with Crippen LogP contribution < -0.4 is 14.8 Å². The van der Waals surface area contributed by atoms with Crippen molar-refractivity contribution in [2.45, 2.75) is 11.0 Å². The number of carbonyl (C=O) groups is 1. The van der Waals surface area contributed by atoms with E-state index in [1.54, 1.807) is 18.2 Å². The van der Waals surface area contributed by atoms with Crippen LogP contribution in [0.3, 0.4) is 0 Å². The van der Waals surface area contributed by atoms with Gasteiger partial charge in [0.2, 0.25) is 10.0 Å². The fourth-order valence-corrected chi connectivity index (χ4v) is 3.72. The minimum absolute atomic E-state index is 0.0502. The van der Waals surface area contributed by atoms with E-state index in [2.05, 4.69) is 10.0 Å². The number of benzene rings is 2. The second-order valence-electron chi connectivity index (χ2n) is 6.15. The average molecular weight is 477 g/mol. The minimum Gasteiger partial charge on any atom is -0.489 e. The molecule has 2 aromatic carbocycles. The molecule has 0 fully saturated rings. The molecule has 0 saturated carbocycles. The van der Waals surface area contributed by atoms with E-state index < -0.39 is 22.0 Å². The maximum absolute atomic E-state index is 12.3. The van der Waals surface area contributed by atoms with Crippen molar-refractivity contribution >= 4 is 39.1 Å². The van der Waals surface area contributed by atoms with Crippen LogP contribution in [0.4, 0.5) is 0 Å². The van der Waals surface area contributed by atoms with E-state index in [4.69, 9.17) is 32.7 Å². The molecule has 8 nitrogen and oxygen atoms in total. The lowest BCUT2D eigenvalue weighted by Crippen LogP contribution is -2.35. The summed E-state index contributed by atoms with van der Waals surface area (Å²) in [5.41, 5.74) is 0.135.